The summed E-state index contributed by atoms with van der Waals surface area (Å²) in [7, 11) is 0. The van der Waals surface area contributed by atoms with E-state index in [0.717, 1.165) is 19.3 Å². The highest BCUT2D eigenvalue weighted by Crippen LogP contribution is 2.45. The number of nitrogens with zero attached hydrogens (tertiary/aromatic N) is 2. The Morgan fingerprint density at radius 1 is 0.839 bits per heavy atom. The largest absolute Gasteiger partial charge is 0.334 e. The van der Waals surface area contributed by atoms with Crippen molar-refractivity contribution in [3.05, 3.63) is 0 Å². The van der Waals surface area contributed by atoms with Gasteiger partial charge in [0.15, 0.2) is 0 Å². The Kier molecular flexibility index (Phi) is 8.71. The SMILES string of the molecule is CCCCCCCCCCCCN1C(=O)N(C(C)=O)C2(CC(C)(C)NC(C)(C)C2)C1=O. The number of nitrogens with one attached hydrogen (secondary N) is 1. The topological polar surface area (TPSA) is 69.7 Å². The maximum absolute atomic E-state index is 13.6. The van der Waals surface area contributed by atoms with Gasteiger partial charge in [0, 0.05) is 24.5 Å². The number of carbonyl (C=O) groups is 3. The molecule has 0 saturated carbocycles. The van der Waals surface area contributed by atoms with Gasteiger partial charge in [-0.2, -0.15) is 0 Å². The summed E-state index contributed by atoms with van der Waals surface area (Å²) < 4.78 is 0. The first-order chi connectivity index (χ1) is 14.5. The Hall–Kier alpha value is -1.43. The molecule has 4 amide bonds. The molecule has 0 bridgehead atoms. The number of amides is 4. The van der Waals surface area contributed by atoms with Crippen LogP contribution in [-0.2, 0) is 9.59 Å². The van der Waals surface area contributed by atoms with Crippen LogP contribution in [0.15, 0.2) is 0 Å². The lowest BCUT2D eigenvalue weighted by molar-refractivity contribution is -0.145. The molecule has 6 nitrogen and oxygen atoms in total. The molecule has 2 aliphatic rings. The quantitative estimate of drug-likeness (QED) is 0.348. The maximum atomic E-state index is 13.6. The molecule has 0 aromatic heterocycles. The molecule has 2 aliphatic heterocycles. The van der Waals surface area contributed by atoms with Crippen LogP contribution in [0, 0.1) is 0 Å². The molecule has 1 N–H and O–H groups in total. The van der Waals surface area contributed by atoms with E-state index in [1.54, 1.807) is 0 Å². The zero-order valence-electron chi connectivity index (χ0n) is 20.8. The number of urea groups is 1. The highest BCUT2D eigenvalue weighted by atomic mass is 16.2. The zero-order valence-corrected chi connectivity index (χ0v) is 20.8. The van der Waals surface area contributed by atoms with Crippen molar-refractivity contribution in [2.75, 3.05) is 6.54 Å². The van der Waals surface area contributed by atoms with E-state index in [0.29, 0.717) is 19.4 Å². The van der Waals surface area contributed by atoms with Crippen LogP contribution in [0.4, 0.5) is 4.79 Å². The van der Waals surface area contributed by atoms with Crippen LogP contribution in [0.3, 0.4) is 0 Å². The van der Waals surface area contributed by atoms with Gasteiger partial charge in [-0.15, -0.1) is 0 Å². The third kappa shape index (κ3) is 6.30. The lowest BCUT2D eigenvalue weighted by Gasteiger charge is -2.52. The molecule has 178 valence electrons. The van der Waals surface area contributed by atoms with Gasteiger partial charge in [-0.25, -0.2) is 9.69 Å². The number of hydrogen-bond donors (Lipinski definition) is 1. The van der Waals surface area contributed by atoms with Crippen molar-refractivity contribution in [2.24, 2.45) is 0 Å². The van der Waals surface area contributed by atoms with Gasteiger partial charge >= 0.3 is 6.03 Å². The van der Waals surface area contributed by atoms with Crippen LogP contribution in [0.5, 0.6) is 0 Å². The summed E-state index contributed by atoms with van der Waals surface area (Å²) in [6, 6.07) is -0.429. The maximum Gasteiger partial charge on any atom is 0.334 e. The first-order valence-electron chi connectivity index (χ1n) is 12.4. The van der Waals surface area contributed by atoms with Gasteiger partial charge in [0.2, 0.25) is 5.91 Å². The van der Waals surface area contributed by atoms with Crippen LogP contribution in [0.2, 0.25) is 0 Å². The molecule has 1 spiro atoms. The summed E-state index contributed by atoms with van der Waals surface area (Å²) in [5.41, 5.74) is -1.77. The van der Waals surface area contributed by atoms with Crippen molar-refractivity contribution < 1.29 is 14.4 Å². The van der Waals surface area contributed by atoms with Crippen LogP contribution in [0.1, 0.15) is 119 Å². The molecule has 0 radical (unpaired) electrons. The minimum atomic E-state index is -1.07. The lowest BCUT2D eigenvalue weighted by atomic mass is 9.70. The Morgan fingerprint density at radius 3 is 1.74 bits per heavy atom. The van der Waals surface area contributed by atoms with E-state index < -0.39 is 11.6 Å². The summed E-state index contributed by atoms with van der Waals surface area (Å²) in [6.07, 6.45) is 12.9. The van der Waals surface area contributed by atoms with Gasteiger partial charge in [0.05, 0.1) is 0 Å². The summed E-state index contributed by atoms with van der Waals surface area (Å²) in [6.45, 7) is 12.2. The average Bonchev–Trinajstić information content (AvgIpc) is 2.80. The second kappa shape index (κ2) is 10.5. The molecule has 0 unspecified atom stereocenters. The highest BCUT2D eigenvalue weighted by molar-refractivity contribution is 6.14. The fraction of sp³-hybridized carbons (Fsp3) is 0.880. The van der Waals surface area contributed by atoms with E-state index in [2.05, 4.69) is 12.2 Å². The van der Waals surface area contributed by atoms with Crippen LogP contribution in [0.25, 0.3) is 0 Å². The molecule has 0 atom stereocenters. The van der Waals surface area contributed by atoms with Gasteiger partial charge < -0.3 is 5.32 Å². The molecule has 2 fully saturated rings. The number of unbranched alkanes of at least 4 members (excludes halogenated alkanes) is 9. The Bertz CT molecular complexity index is 640. The summed E-state index contributed by atoms with van der Waals surface area (Å²) in [5.74, 6) is -0.524. The first-order valence-corrected chi connectivity index (χ1v) is 12.4. The smallest absolute Gasteiger partial charge is 0.307 e. The standard InChI is InChI=1S/C25H45N3O3/c1-7-8-9-10-11-12-13-14-15-16-17-27-21(30)25(28(20(2)29)22(27)31)18-23(3,4)26-24(5,6)19-25/h26H,7-19H2,1-6H3. The van der Waals surface area contributed by atoms with Gasteiger partial charge in [0.25, 0.3) is 5.91 Å². The fourth-order valence-electron chi connectivity index (χ4n) is 5.97. The van der Waals surface area contributed by atoms with Crippen molar-refractivity contribution in [1.82, 2.24) is 15.1 Å². The third-order valence-electron chi connectivity index (χ3n) is 6.69. The molecule has 0 aromatic carbocycles. The summed E-state index contributed by atoms with van der Waals surface area (Å²) in [5, 5.41) is 3.56. The van der Waals surface area contributed by atoms with Crippen molar-refractivity contribution in [3.8, 4) is 0 Å². The number of carbonyl (C=O) groups excluding carboxylic acids is 3. The van der Waals surface area contributed by atoms with Crippen molar-refractivity contribution in [3.63, 3.8) is 0 Å². The van der Waals surface area contributed by atoms with Crippen molar-refractivity contribution in [1.29, 1.82) is 0 Å². The summed E-state index contributed by atoms with van der Waals surface area (Å²) >= 11 is 0. The van der Waals surface area contributed by atoms with E-state index in [4.69, 9.17) is 0 Å². The second-order valence-electron chi connectivity index (χ2n) is 11.1. The number of rotatable bonds is 11. The normalized spacial score (nSPS) is 21.9. The number of imide groups is 2. The molecular weight excluding hydrogens is 390 g/mol. The third-order valence-corrected chi connectivity index (χ3v) is 6.69. The molecule has 2 rings (SSSR count). The Labute approximate surface area is 189 Å². The van der Waals surface area contributed by atoms with Gasteiger partial charge in [-0.1, -0.05) is 64.7 Å². The van der Waals surface area contributed by atoms with E-state index in [1.807, 2.05) is 27.7 Å². The fourth-order valence-corrected chi connectivity index (χ4v) is 5.97. The van der Waals surface area contributed by atoms with E-state index >= 15 is 0 Å². The molecule has 2 heterocycles. The molecule has 2 saturated heterocycles. The molecule has 31 heavy (non-hydrogen) atoms. The summed E-state index contributed by atoms with van der Waals surface area (Å²) in [4.78, 5) is 41.8. The molecule has 6 heteroatoms. The van der Waals surface area contributed by atoms with Gasteiger partial charge in [-0.3, -0.25) is 14.5 Å². The minimum absolute atomic E-state index is 0.189. The monoisotopic (exact) mass is 435 g/mol. The lowest BCUT2D eigenvalue weighted by Crippen LogP contribution is -2.69. The minimum Gasteiger partial charge on any atom is -0.307 e. The van der Waals surface area contributed by atoms with Gasteiger partial charge in [-0.05, 0) is 47.0 Å². The van der Waals surface area contributed by atoms with Gasteiger partial charge in [0.1, 0.15) is 5.54 Å². The van der Waals surface area contributed by atoms with Crippen LogP contribution < -0.4 is 5.32 Å². The Morgan fingerprint density at radius 2 is 1.29 bits per heavy atom. The number of piperidine rings is 1. The molecule has 0 aromatic rings. The average molecular weight is 436 g/mol. The zero-order chi connectivity index (χ0) is 23.3. The van der Waals surface area contributed by atoms with Crippen molar-refractivity contribution in [2.45, 2.75) is 135 Å². The molecular formula is C25H45N3O3. The van der Waals surface area contributed by atoms with Crippen LogP contribution >= 0.6 is 0 Å². The van der Waals surface area contributed by atoms with E-state index in [9.17, 15) is 14.4 Å². The first kappa shape index (κ1) is 25.8. The Balaban J connectivity index is 1.93. The number of hydrogen-bond acceptors (Lipinski definition) is 4. The van der Waals surface area contributed by atoms with E-state index in [1.165, 1.54) is 61.7 Å². The van der Waals surface area contributed by atoms with Crippen LogP contribution in [-0.4, -0.2) is 50.8 Å². The highest BCUT2D eigenvalue weighted by Gasteiger charge is 2.64. The predicted octanol–water partition coefficient (Wildman–Crippen LogP) is 5.40. The molecule has 0 aliphatic carbocycles. The van der Waals surface area contributed by atoms with E-state index in [-0.39, 0.29) is 22.9 Å². The second-order valence-corrected chi connectivity index (χ2v) is 11.1. The van der Waals surface area contributed by atoms with Crippen molar-refractivity contribution >= 4 is 17.8 Å². The predicted molar refractivity (Wildman–Crippen MR) is 125 cm³/mol.